The first-order chi connectivity index (χ1) is 12.3. The van der Waals surface area contributed by atoms with Gasteiger partial charge in [0.25, 0.3) is 5.91 Å². The van der Waals surface area contributed by atoms with Crippen molar-refractivity contribution in [2.24, 2.45) is 11.8 Å². The third-order valence-electron chi connectivity index (χ3n) is 5.93. The maximum absolute atomic E-state index is 13.0. The molecule has 5 nitrogen and oxygen atoms in total. The van der Waals surface area contributed by atoms with Gasteiger partial charge >= 0.3 is 0 Å². The summed E-state index contributed by atoms with van der Waals surface area (Å²) in [5, 5.41) is 11.4. The topological polar surface area (TPSA) is 52.2 Å². The second-order valence-electron chi connectivity index (χ2n) is 7.88. The molecule has 3 saturated heterocycles. The van der Waals surface area contributed by atoms with Crippen LogP contribution in [0.25, 0.3) is 11.3 Å². The van der Waals surface area contributed by atoms with Crippen LogP contribution in [0.15, 0.2) is 22.9 Å². The summed E-state index contributed by atoms with van der Waals surface area (Å²) in [5.74, 6) is 1.66. The predicted octanol–water partition coefficient (Wildman–Crippen LogP) is 3.08. The zero-order valence-electron chi connectivity index (χ0n) is 14.4. The molecular formula is C19H24N4OS. The second kappa shape index (κ2) is 6.25. The van der Waals surface area contributed by atoms with Gasteiger partial charge in [0.05, 0.1) is 5.69 Å². The molecule has 1 amide bonds. The molecular weight excluding hydrogens is 332 g/mol. The summed E-state index contributed by atoms with van der Waals surface area (Å²) >= 11 is 1.65. The second-order valence-corrected chi connectivity index (χ2v) is 8.66. The minimum absolute atomic E-state index is 0.110. The molecule has 3 aliphatic heterocycles. The average molecular weight is 356 g/mol. The van der Waals surface area contributed by atoms with Gasteiger partial charge in [0.2, 0.25) is 0 Å². The van der Waals surface area contributed by atoms with Crippen LogP contribution in [0.4, 0.5) is 0 Å². The van der Waals surface area contributed by atoms with Crippen LogP contribution in [0.1, 0.15) is 36.2 Å². The Kier molecular flexibility index (Phi) is 3.90. The van der Waals surface area contributed by atoms with Gasteiger partial charge < -0.3 is 4.90 Å². The molecule has 6 heteroatoms. The third-order valence-corrected chi connectivity index (χ3v) is 6.61. The van der Waals surface area contributed by atoms with Crippen LogP contribution in [0.3, 0.4) is 0 Å². The van der Waals surface area contributed by atoms with E-state index in [1.807, 2.05) is 17.5 Å². The Balaban J connectivity index is 1.32. The molecule has 0 unspecified atom stereocenters. The number of aromatic amines is 1. The van der Waals surface area contributed by atoms with E-state index in [0.717, 1.165) is 30.3 Å². The maximum atomic E-state index is 13.0. The number of aromatic nitrogens is 2. The smallest absolute Gasteiger partial charge is 0.271 e. The van der Waals surface area contributed by atoms with Crippen LogP contribution in [0.5, 0.6) is 0 Å². The van der Waals surface area contributed by atoms with Crippen molar-refractivity contribution in [3.05, 3.63) is 28.6 Å². The summed E-state index contributed by atoms with van der Waals surface area (Å²) in [5.41, 5.74) is 2.56. The Bertz CT molecular complexity index is 751. The van der Waals surface area contributed by atoms with E-state index in [1.165, 1.54) is 38.8 Å². The number of rotatable bonds is 4. The van der Waals surface area contributed by atoms with Crippen molar-refractivity contribution < 1.29 is 4.79 Å². The molecule has 132 valence electrons. The van der Waals surface area contributed by atoms with Crippen LogP contribution in [0, 0.1) is 11.8 Å². The molecule has 2 atom stereocenters. The largest absolute Gasteiger partial charge is 0.335 e. The van der Waals surface area contributed by atoms with Gasteiger partial charge in [-0.3, -0.25) is 14.8 Å². The summed E-state index contributed by atoms with van der Waals surface area (Å²) in [6.45, 7) is 4.18. The van der Waals surface area contributed by atoms with E-state index in [2.05, 4.69) is 25.4 Å². The number of thiophene rings is 1. The molecule has 2 aromatic rings. The summed E-state index contributed by atoms with van der Waals surface area (Å²) in [4.78, 5) is 17.8. The number of H-pyrrole nitrogens is 1. The lowest BCUT2D eigenvalue weighted by Crippen LogP contribution is -2.45. The number of nitrogens with one attached hydrogen (secondary N) is 1. The van der Waals surface area contributed by atoms with Crippen molar-refractivity contribution >= 4 is 17.2 Å². The fourth-order valence-corrected chi connectivity index (χ4v) is 5.01. The number of carbonyl (C=O) groups is 1. The lowest BCUT2D eigenvalue weighted by molar-refractivity contribution is 0.0731. The van der Waals surface area contributed by atoms with Gasteiger partial charge in [-0.2, -0.15) is 16.4 Å². The highest BCUT2D eigenvalue weighted by Gasteiger charge is 2.38. The standard InChI is InChI=1S/C19H24N4OS/c24-19(18-7-17(20-21-18)15-5-6-25-12-15)23-10-14-3-4-16(11-23)22(9-14)8-13-1-2-13/h5-7,12-14,16H,1-4,8-11H2,(H,20,21)/t14-,16-/m1/s1. The highest BCUT2D eigenvalue weighted by Crippen LogP contribution is 2.35. The monoisotopic (exact) mass is 356 g/mol. The molecule has 5 heterocycles. The number of hydrogen-bond donors (Lipinski definition) is 1. The number of nitrogens with zero attached hydrogens (tertiary/aromatic N) is 3. The summed E-state index contributed by atoms with van der Waals surface area (Å²) < 4.78 is 0. The zero-order valence-corrected chi connectivity index (χ0v) is 15.2. The van der Waals surface area contributed by atoms with Crippen molar-refractivity contribution in [3.63, 3.8) is 0 Å². The Morgan fingerprint density at radius 3 is 2.96 bits per heavy atom. The predicted molar refractivity (Wildman–Crippen MR) is 98.6 cm³/mol. The first-order valence-electron chi connectivity index (χ1n) is 9.37. The Morgan fingerprint density at radius 1 is 1.24 bits per heavy atom. The molecule has 0 aromatic carbocycles. The number of hydrogen-bond acceptors (Lipinski definition) is 4. The van der Waals surface area contributed by atoms with Crippen molar-refractivity contribution in [2.45, 2.75) is 31.7 Å². The molecule has 0 spiro atoms. The maximum Gasteiger partial charge on any atom is 0.271 e. The van der Waals surface area contributed by atoms with Gasteiger partial charge in [-0.25, -0.2) is 0 Å². The fraction of sp³-hybridized carbons (Fsp3) is 0.579. The number of amides is 1. The molecule has 4 fully saturated rings. The van der Waals surface area contributed by atoms with Crippen LogP contribution in [-0.2, 0) is 0 Å². The van der Waals surface area contributed by atoms with Gasteiger partial charge in [0.1, 0.15) is 5.69 Å². The van der Waals surface area contributed by atoms with E-state index in [9.17, 15) is 4.79 Å². The van der Waals surface area contributed by atoms with Gasteiger partial charge in [-0.1, -0.05) is 0 Å². The van der Waals surface area contributed by atoms with E-state index < -0.39 is 0 Å². The van der Waals surface area contributed by atoms with Gasteiger partial charge in [0, 0.05) is 43.2 Å². The van der Waals surface area contributed by atoms with E-state index in [-0.39, 0.29) is 5.91 Å². The van der Waals surface area contributed by atoms with Crippen LogP contribution >= 0.6 is 11.3 Å². The fourth-order valence-electron chi connectivity index (χ4n) is 4.36. The molecule has 4 aliphatic rings. The normalized spacial score (nSPS) is 26.8. The molecule has 2 aromatic heterocycles. The van der Waals surface area contributed by atoms with Crippen molar-refractivity contribution in [2.75, 3.05) is 26.2 Å². The van der Waals surface area contributed by atoms with Crippen molar-refractivity contribution in [1.29, 1.82) is 0 Å². The molecule has 6 rings (SSSR count). The summed E-state index contributed by atoms with van der Waals surface area (Å²) in [7, 11) is 0. The van der Waals surface area contributed by atoms with E-state index in [1.54, 1.807) is 11.3 Å². The molecule has 1 saturated carbocycles. The number of piperidine rings is 1. The van der Waals surface area contributed by atoms with Crippen LogP contribution in [-0.4, -0.2) is 58.1 Å². The number of carbonyl (C=O) groups excluding carboxylic acids is 1. The first-order valence-corrected chi connectivity index (χ1v) is 10.3. The number of fused-ring (bicyclic) bond motifs is 4. The lowest BCUT2D eigenvalue weighted by atomic mass is 9.95. The van der Waals surface area contributed by atoms with Gasteiger partial charge in [-0.15, -0.1) is 0 Å². The minimum Gasteiger partial charge on any atom is -0.335 e. The Morgan fingerprint density at radius 2 is 2.16 bits per heavy atom. The van der Waals surface area contributed by atoms with E-state index >= 15 is 0 Å². The highest BCUT2D eigenvalue weighted by atomic mass is 32.1. The first kappa shape index (κ1) is 15.6. The van der Waals surface area contributed by atoms with Crippen LogP contribution in [0.2, 0.25) is 0 Å². The zero-order chi connectivity index (χ0) is 16.8. The summed E-state index contributed by atoms with van der Waals surface area (Å²) in [6.07, 6.45) is 5.30. The SMILES string of the molecule is O=C(c1cc(-c2ccsc2)n[nH]1)N1C[C@@H]2CC[C@H](C1)N(CC1CC1)C2. The quantitative estimate of drug-likeness (QED) is 0.916. The average Bonchev–Trinajstić information content (AvgIpc) is 3.15. The molecule has 1 N–H and O–H groups in total. The molecule has 0 radical (unpaired) electrons. The third kappa shape index (κ3) is 3.13. The molecule has 2 bridgehead atoms. The Labute approximate surface area is 152 Å². The minimum atomic E-state index is 0.110. The van der Waals surface area contributed by atoms with E-state index in [0.29, 0.717) is 17.7 Å². The van der Waals surface area contributed by atoms with Crippen molar-refractivity contribution in [3.8, 4) is 11.3 Å². The Hall–Kier alpha value is -1.66. The van der Waals surface area contributed by atoms with Crippen LogP contribution < -0.4 is 0 Å². The van der Waals surface area contributed by atoms with Gasteiger partial charge in [0.15, 0.2) is 0 Å². The summed E-state index contributed by atoms with van der Waals surface area (Å²) in [6, 6.07) is 4.48. The highest BCUT2D eigenvalue weighted by molar-refractivity contribution is 7.08. The van der Waals surface area contributed by atoms with Gasteiger partial charge in [-0.05, 0) is 55.0 Å². The van der Waals surface area contributed by atoms with Crippen molar-refractivity contribution in [1.82, 2.24) is 20.0 Å². The molecule has 25 heavy (non-hydrogen) atoms. The van der Waals surface area contributed by atoms with E-state index in [4.69, 9.17) is 0 Å². The lowest BCUT2D eigenvalue weighted by Gasteiger charge is -2.36. The molecule has 1 aliphatic carbocycles.